The summed E-state index contributed by atoms with van der Waals surface area (Å²) in [6.45, 7) is 10.7. The van der Waals surface area contributed by atoms with E-state index in [4.69, 9.17) is 0 Å². The van der Waals surface area contributed by atoms with E-state index in [1.54, 1.807) is 0 Å². The second kappa shape index (κ2) is 4.18. The minimum Gasteiger partial charge on any atom is -0.390 e. The van der Waals surface area contributed by atoms with Crippen LogP contribution in [0.1, 0.15) is 52.9 Å². The predicted molar refractivity (Wildman–Crippen MR) is 68.2 cm³/mol. The fourth-order valence-electron chi connectivity index (χ4n) is 3.98. The topological polar surface area (TPSA) is 20.2 Å². The summed E-state index contributed by atoms with van der Waals surface area (Å²) >= 11 is 0. The standard InChI is InChI=1S/C15H26O/c1-10(2)12-7-8-15(4,16)14-6-5-11(3)13(14)9-12/h11-14,16H,1,5-9H2,2-4H3/t11-,12+,13-,14?,15+/m0/s1. The Balaban J connectivity index is 2.21. The zero-order valence-corrected chi connectivity index (χ0v) is 11.0. The molecular weight excluding hydrogens is 196 g/mol. The van der Waals surface area contributed by atoms with E-state index in [0.29, 0.717) is 11.8 Å². The molecule has 1 nitrogen and oxygen atoms in total. The summed E-state index contributed by atoms with van der Waals surface area (Å²) in [5.41, 5.74) is 0.884. The Morgan fingerprint density at radius 2 is 2.00 bits per heavy atom. The number of fused-ring (bicyclic) bond motifs is 1. The largest absolute Gasteiger partial charge is 0.390 e. The molecule has 2 fully saturated rings. The molecule has 2 saturated carbocycles. The summed E-state index contributed by atoms with van der Waals surface area (Å²) in [7, 11) is 0. The molecule has 1 heteroatoms. The normalized spacial score (nSPS) is 48.5. The lowest BCUT2D eigenvalue weighted by atomic mass is 9.77. The van der Waals surface area contributed by atoms with E-state index >= 15 is 0 Å². The van der Waals surface area contributed by atoms with Crippen LogP contribution in [-0.4, -0.2) is 10.7 Å². The number of hydrogen-bond donors (Lipinski definition) is 1. The first-order valence-electron chi connectivity index (χ1n) is 6.79. The summed E-state index contributed by atoms with van der Waals surface area (Å²) in [5.74, 6) is 2.68. The van der Waals surface area contributed by atoms with E-state index in [-0.39, 0.29) is 0 Å². The fourth-order valence-corrected chi connectivity index (χ4v) is 3.98. The van der Waals surface area contributed by atoms with Gasteiger partial charge in [0, 0.05) is 0 Å². The maximum absolute atomic E-state index is 10.6. The minimum absolute atomic E-state index is 0.431. The van der Waals surface area contributed by atoms with Crippen molar-refractivity contribution in [3.8, 4) is 0 Å². The summed E-state index contributed by atoms with van der Waals surface area (Å²) in [4.78, 5) is 0. The van der Waals surface area contributed by atoms with E-state index in [0.717, 1.165) is 24.7 Å². The van der Waals surface area contributed by atoms with Crippen LogP contribution >= 0.6 is 0 Å². The summed E-state index contributed by atoms with van der Waals surface area (Å²) in [6, 6.07) is 0. The van der Waals surface area contributed by atoms with Crippen LogP contribution in [0.5, 0.6) is 0 Å². The molecule has 0 aliphatic heterocycles. The van der Waals surface area contributed by atoms with E-state index in [1.807, 2.05) is 0 Å². The van der Waals surface area contributed by atoms with Crippen LogP contribution in [0.2, 0.25) is 0 Å². The van der Waals surface area contributed by atoms with Gasteiger partial charge in [0.2, 0.25) is 0 Å². The lowest BCUT2D eigenvalue weighted by Crippen LogP contribution is -2.36. The Morgan fingerprint density at radius 3 is 2.62 bits per heavy atom. The van der Waals surface area contributed by atoms with Crippen LogP contribution in [-0.2, 0) is 0 Å². The Labute approximate surface area is 99.9 Å². The number of hydrogen-bond acceptors (Lipinski definition) is 1. The van der Waals surface area contributed by atoms with Gasteiger partial charge < -0.3 is 5.11 Å². The third-order valence-electron chi connectivity index (χ3n) is 5.23. The Bertz CT molecular complexity index is 279. The highest BCUT2D eigenvalue weighted by molar-refractivity contribution is 5.04. The Kier molecular flexibility index (Phi) is 3.18. The molecule has 2 rings (SSSR count). The maximum Gasteiger partial charge on any atom is 0.0650 e. The van der Waals surface area contributed by atoms with Gasteiger partial charge in [-0.2, -0.15) is 0 Å². The molecule has 16 heavy (non-hydrogen) atoms. The Morgan fingerprint density at radius 1 is 1.31 bits per heavy atom. The van der Waals surface area contributed by atoms with Gasteiger partial charge >= 0.3 is 0 Å². The molecule has 1 N–H and O–H groups in total. The number of allylic oxidation sites excluding steroid dienone is 1. The monoisotopic (exact) mass is 222 g/mol. The van der Waals surface area contributed by atoms with Crippen LogP contribution in [0, 0.1) is 23.7 Å². The molecule has 2 aliphatic rings. The zero-order valence-electron chi connectivity index (χ0n) is 11.0. The van der Waals surface area contributed by atoms with Crippen molar-refractivity contribution in [2.24, 2.45) is 23.7 Å². The summed E-state index contributed by atoms with van der Waals surface area (Å²) in [6.07, 6.45) is 5.87. The first-order valence-corrected chi connectivity index (χ1v) is 6.79. The SMILES string of the molecule is C=C(C)[C@@H]1CC[C@@](C)(O)C2CC[C@H](C)[C@@H]2C1. The fraction of sp³-hybridized carbons (Fsp3) is 0.867. The van der Waals surface area contributed by atoms with Gasteiger partial charge in [-0.3, -0.25) is 0 Å². The lowest BCUT2D eigenvalue weighted by molar-refractivity contribution is -0.0208. The van der Waals surface area contributed by atoms with E-state index in [9.17, 15) is 5.11 Å². The maximum atomic E-state index is 10.6. The van der Waals surface area contributed by atoms with Gasteiger partial charge in [0.1, 0.15) is 0 Å². The van der Waals surface area contributed by atoms with Gasteiger partial charge in [-0.1, -0.05) is 25.5 Å². The quantitative estimate of drug-likeness (QED) is 0.669. The molecule has 2 aliphatic carbocycles. The van der Waals surface area contributed by atoms with Gasteiger partial charge in [-0.25, -0.2) is 0 Å². The molecule has 0 bridgehead atoms. The van der Waals surface area contributed by atoms with Crippen LogP contribution < -0.4 is 0 Å². The van der Waals surface area contributed by atoms with Crippen molar-refractivity contribution in [2.75, 3.05) is 0 Å². The second-order valence-electron chi connectivity index (χ2n) is 6.50. The van der Waals surface area contributed by atoms with Crippen molar-refractivity contribution in [3.63, 3.8) is 0 Å². The highest BCUT2D eigenvalue weighted by atomic mass is 16.3. The van der Waals surface area contributed by atoms with Crippen molar-refractivity contribution in [1.82, 2.24) is 0 Å². The van der Waals surface area contributed by atoms with Crippen LogP contribution in [0.3, 0.4) is 0 Å². The van der Waals surface area contributed by atoms with Crippen molar-refractivity contribution in [1.29, 1.82) is 0 Å². The van der Waals surface area contributed by atoms with Gasteiger partial charge in [0.15, 0.2) is 0 Å². The average molecular weight is 222 g/mol. The predicted octanol–water partition coefficient (Wildman–Crippen LogP) is 3.78. The molecule has 0 spiro atoms. The Hall–Kier alpha value is -0.300. The van der Waals surface area contributed by atoms with Crippen molar-refractivity contribution >= 4 is 0 Å². The molecular formula is C15H26O. The lowest BCUT2D eigenvalue weighted by Gasteiger charge is -2.33. The summed E-state index contributed by atoms with van der Waals surface area (Å²) in [5, 5.41) is 10.6. The average Bonchev–Trinajstić information content (AvgIpc) is 2.47. The zero-order chi connectivity index (χ0) is 11.9. The molecule has 0 radical (unpaired) electrons. The van der Waals surface area contributed by atoms with E-state index in [2.05, 4.69) is 27.4 Å². The third kappa shape index (κ3) is 2.07. The van der Waals surface area contributed by atoms with Gasteiger partial charge in [0.25, 0.3) is 0 Å². The molecule has 0 aromatic carbocycles. The molecule has 1 unspecified atom stereocenters. The first-order chi connectivity index (χ1) is 7.42. The molecule has 5 atom stereocenters. The first kappa shape index (κ1) is 12.2. The highest BCUT2D eigenvalue weighted by Crippen LogP contribution is 2.50. The van der Waals surface area contributed by atoms with Crippen molar-refractivity contribution in [3.05, 3.63) is 12.2 Å². The molecule has 0 saturated heterocycles. The molecule has 0 aromatic heterocycles. The second-order valence-corrected chi connectivity index (χ2v) is 6.50. The van der Waals surface area contributed by atoms with Crippen LogP contribution in [0.15, 0.2) is 12.2 Å². The van der Waals surface area contributed by atoms with Crippen LogP contribution in [0.25, 0.3) is 0 Å². The minimum atomic E-state index is -0.431. The molecule has 0 heterocycles. The van der Waals surface area contributed by atoms with Gasteiger partial charge in [-0.15, -0.1) is 0 Å². The molecule has 0 amide bonds. The molecule has 92 valence electrons. The van der Waals surface area contributed by atoms with Gasteiger partial charge in [-0.05, 0) is 63.2 Å². The highest BCUT2D eigenvalue weighted by Gasteiger charge is 2.46. The smallest absolute Gasteiger partial charge is 0.0650 e. The number of rotatable bonds is 1. The third-order valence-corrected chi connectivity index (χ3v) is 5.23. The number of aliphatic hydroxyl groups is 1. The van der Waals surface area contributed by atoms with Crippen LogP contribution in [0.4, 0.5) is 0 Å². The summed E-state index contributed by atoms with van der Waals surface area (Å²) < 4.78 is 0. The molecule has 0 aromatic rings. The van der Waals surface area contributed by atoms with E-state index < -0.39 is 5.60 Å². The van der Waals surface area contributed by atoms with Crippen molar-refractivity contribution in [2.45, 2.75) is 58.5 Å². The van der Waals surface area contributed by atoms with Crippen molar-refractivity contribution < 1.29 is 5.11 Å². The van der Waals surface area contributed by atoms with E-state index in [1.165, 1.54) is 24.8 Å². The van der Waals surface area contributed by atoms with Gasteiger partial charge in [0.05, 0.1) is 5.60 Å².